The number of carbonyl (C=O) groups excluding carboxylic acids is 1. The zero-order valence-corrected chi connectivity index (χ0v) is 16.1. The molecule has 0 radical (unpaired) electrons. The zero-order valence-electron chi connectivity index (χ0n) is 15.3. The number of hydrogen-bond donors (Lipinski definition) is 0. The first-order chi connectivity index (χ1) is 13.6. The molecule has 28 heavy (non-hydrogen) atoms. The van der Waals surface area contributed by atoms with E-state index in [2.05, 4.69) is 0 Å². The van der Waals surface area contributed by atoms with Gasteiger partial charge < -0.3 is 9.15 Å². The fourth-order valence-electron chi connectivity index (χ4n) is 3.19. The maximum absolute atomic E-state index is 12.2. The highest BCUT2D eigenvalue weighted by Crippen LogP contribution is 2.28. The number of benzene rings is 3. The summed E-state index contributed by atoms with van der Waals surface area (Å²) in [5.41, 5.74) is 1.81. The standard InChI is InChI=1S/C23H18O4S/c1-15-6-2-5-9-20(15)28-14-22(25)26-13-17-12-21(24)27-19-11-10-16-7-3-4-8-18(16)23(17)19/h2-12H,13-14H2,1H3. The van der Waals surface area contributed by atoms with Gasteiger partial charge in [-0.3, -0.25) is 4.79 Å². The Balaban J connectivity index is 1.56. The topological polar surface area (TPSA) is 56.5 Å². The predicted octanol–water partition coefficient (Wildman–Crippen LogP) is 5.09. The molecule has 0 aliphatic rings. The van der Waals surface area contributed by atoms with Gasteiger partial charge in [-0.1, -0.05) is 48.5 Å². The average molecular weight is 390 g/mol. The van der Waals surface area contributed by atoms with Gasteiger partial charge in [0.05, 0.1) is 5.75 Å². The lowest BCUT2D eigenvalue weighted by Gasteiger charge is -2.10. The molecule has 0 bridgehead atoms. The number of ether oxygens (including phenoxy) is 1. The van der Waals surface area contributed by atoms with Crippen molar-refractivity contribution in [2.24, 2.45) is 0 Å². The highest BCUT2D eigenvalue weighted by atomic mass is 32.2. The largest absolute Gasteiger partial charge is 0.460 e. The third-order valence-corrected chi connectivity index (χ3v) is 5.69. The molecule has 4 nitrogen and oxygen atoms in total. The third-order valence-electron chi connectivity index (χ3n) is 4.54. The summed E-state index contributed by atoms with van der Waals surface area (Å²) in [6.45, 7) is 2.04. The van der Waals surface area contributed by atoms with Crippen LogP contribution in [0.1, 0.15) is 11.1 Å². The second kappa shape index (κ2) is 7.90. The Hall–Kier alpha value is -3.05. The number of carbonyl (C=O) groups is 1. The van der Waals surface area contributed by atoms with Crippen LogP contribution in [0.25, 0.3) is 21.7 Å². The molecule has 1 heterocycles. The minimum Gasteiger partial charge on any atom is -0.460 e. The van der Waals surface area contributed by atoms with E-state index in [0.717, 1.165) is 26.6 Å². The molecule has 0 saturated carbocycles. The van der Waals surface area contributed by atoms with E-state index < -0.39 is 5.63 Å². The summed E-state index contributed by atoms with van der Waals surface area (Å²) in [5.74, 6) is -0.111. The maximum atomic E-state index is 12.2. The lowest BCUT2D eigenvalue weighted by molar-refractivity contribution is -0.141. The number of fused-ring (bicyclic) bond motifs is 3. The molecule has 140 valence electrons. The van der Waals surface area contributed by atoms with Crippen LogP contribution in [0.2, 0.25) is 0 Å². The first-order valence-corrected chi connectivity index (χ1v) is 9.89. The number of aryl methyl sites for hydroxylation is 1. The Kier molecular flexibility index (Phi) is 5.17. The van der Waals surface area contributed by atoms with Gasteiger partial charge in [0.1, 0.15) is 12.2 Å². The lowest BCUT2D eigenvalue weighted by Crippen LogP contribution is -2.09. The van der Waals surface area contributed by atoms with Crippen LogP contribution in [-0.4, -0.2) is 11.7 Å². The van der Waals surface area contributed by atoms with E-state index in [1.807, 2.05) is 61.5 Å². The molecule has 0 saturated heterocycles. The van der Waals surface area contributed by atoms with Gasteiger partial charge in [-0.05, 0) is 35.4 Å². The first-order valence-electron chi connectivity index (χ1n) is 8.90. The van der Waals surface area contributed by atoms with Crippen LogP contribution in [0.3, 0.4) is 0 Å². The Morgan fingerprint density at radius 3 is 2.68 bits per heavy atom. The van der Waals surface area contributed by atoms with E-state index >= 15 is 0 Å². The van der Waals surface area contributed by atoms with E-state index in [-0.39, 0.29) is 18.3 Å². The molecule has 0 N–H and O–H groups in total. The minimum atomic E-state index is -0.455. The van der Waals surface area contributed by atoms with Gasteiger partial charge in [0, 0.05) is 21.9 Å². The SMILES string of the molecule is Cc1ccccc1SCC(=O)OCc1cc(=O)oc2ccc3ccccc3c12. The van der Waals surface area contributed by atoms with Gasteiger partial charge in [0.2, 0.25) is 0 Å². The molecule has 0 atom stereocenters. The smallest absolute Gasteiger partial charge is 0.336 e. The number of esters is 1. The fourth-order valence-corrected chi connectivity index (χ4v) is 4.02. The van der Waals surface area contributed by atoms with Crippen molar-refractivity contribution in [2.75, 3.05) is 5.75 Å². The van der Waals surface area contributed by atoms with E-state index in [4.69, 9.17) is 9.15 Å². The molecule has 3 aromatic carbocycles. The van der Waals surface area contributed by atoms with Crippen LogP contribution in [0.5, 0.6) is 0 Å². The van der Waals surface area contributed by atoms with Crippen LogP contribution in [0.4, 0.5) is 0 Å². The normalized spacial score (nSPS) is 11.0. The van der Waals surface area contributed by atoms with Crippen LogP contribution in [0, 0.1) is 6.92 Å². The van der Waals surface area contributed by atoms with Gasteiger partial charge >= 0.3 is 11.6 Å². The van der Waals surface area contributed by atoms with Gasteiger partial charge in [-0.2, -0.15) is 0 Å². The minimum absolute atomic E-state index is 0.0310. The quantitative estimate of drug-likeness (QED) is 0.206. The van der Waals surface area contributed by atoms with Crippen molar-refractivity contribution in [1.82, 2.24) is 0 Å². The summed E-state index contributed by atoms with van der Waals surface area (Å²) in [5, 5.41) is 2.80. The van der Waals surface area contributed by atoms with Crippen molar-refractivity contribution in [3.05, 3.63) is 88.3 Å². The molecular formula is C23H18O4S. The summed E-state index contributed by atoms with van der Waals surface area (Å²) in [6.07, 6.45) is 0. The van der Waals surface area contributed by atoms with E-state index in [1.54, 1.807) is 6.07 Å². The molecule has 0 fully saturated rings. The first kappa shape index (κ1) is 18.3. The van der Waals surface area contributed by atoms with Crippen molar-refractivity contribution in [3.63, 3.8) is 0 Å². The second-order valence-electron chi connectivity index (χ2n) is 6.47. The molecule has 4 rings (SSSR count). The molecule has 0 spiro atoms. The molecule has 0 aliphatic carbocycles. The Morgan fingerprint density at radius 2 is 1.82 bits per heavy atom. The average Bonchev–Trinajstić information content (AvgIpc) is 2.71. The molecular weight excluding hydrogens is 372 g/mol. The van der Waals surface area contributed by atoms with Crippen LogP contribution >= 0.6 is 11.8 Å². The van der Waals surface area contributed by atoms with Crippen molar-refractivity contribution in [1.29, 1.82) is 0 Å². The zero-order chi connectivity index (χ0) is 19.5. The van der Waals surface area contributed by atoms with Gasteiger partial charge in [0.25, 0.3) is 0 Å². The molecule has 0 amide bonds. The monoisotopic (exact) mass is 390 g/mol. The molecule has 5 heteroatoms. The highest BCUT2D eigenvalue weighted by molar-refractivity contribution is 8.00. The Bertz CT molecular complexity index is 1230. The van der Waals surface area contributed by atoms with Gasteiger partial charge in [0.15, 0.2) is 0 Å². The van der Waals surface area contributed by atoms with Crippen molar-refractivity contribution >= 4 is 39.5 Å². The van der Waals surface area contributed by atoms with Gasteiger partial charge in [-0.15, -0.1) is 11.8 Å². The van der Waals surface area contributed by atoms with E-state index in [0.29, 0.717) is 11.1 Å². The van der Waals surface area contributed by atoms with Gasteiger partial charge in [-0.25, -0.2) is 4.79 Å². The second-order valence-corrected chi connectivity index (χ2v) is 7.48. The maximum Gasteiger partial charge on any atom is 0.336 e. The lowest BCUT2D eigenvalue weighted by atomic mass is 10.0. The van der Waals surface area contributed by atoms with E-state index in [9.17, 15) is 9.59 Å². The molecule has 0 aliphatic heterocycles. The summed E-state index contributed by atoms with van der Waals surface area (Å²) in [6, 6.07) is 20.8. The highest BCUT2D eigenvalue weighted by Gasteiger charge is 2.12. The summed E-state index contributed by atoms with van der Waals surface area (Å²) >= 11 is 1.44. The molecule has 4 aromatic rings. The summed E-state index contributed by atoms with van der Waals surface area (Å²) < 4.78 is 10.8. The molecule has 1 aromatic heterocycles. The Labute approximate surface area is 166 Å². The number of thioether (sulfide) groups is 1. The van der Waals surface area contributed by atoms with Crippen LogP contribution in [0.15, 0.2) is 80.8 Å². The predicted molar refractivity (Wildman–Crippen MR) is 112 cm³/mol. The van der Waals surface area contributed by atoms with Crippen molar-refractivity contribution in [2.45, 2.75) is 18.4 Å². The van der Waals surface area contributed by atoms with Crippen molar-refractivity contribution < 1.29 is 13.9 Å². The Morgan fingerprint density at radius 1 is 1.04 bits per heavy atom. The molecule has 0 unspecified atom stereocenters. The van der Waals surface area contributed by atoms with E-state index in [1.165, 1.54) is 17.8 Å². The van der Waals surface area contributed by atoms with Crippen molar-refractivity contribution in [3.8, 4) is 0 Å². The fraction of sp³-hybridized carbons (Fsp3) is 0.130. The summed E-state index contributed by atoms with van der Waals surface area (Å²) in [4.78, 5) is 25.2. The number of rotatable bonds is 5. The van der Waals surface area contributed by atoms with Crippen LogP contribution in [-0.2, 0) is 16.1 Å². The third kappa shape index (κ3) is 3.80. The number of hydrogen-bond acceptors (Lipinski definition) is 5. The summed E-state index contributed by atoms with van der Waals surface area (Å²) in [7, 11) is 0. The van der Waals surface area contributed by atoms with Crippen LogP contribution < -0.4 is 5.63 Å².